The summed E-state index contributed by atoms with van der Waals surface area (Å²) >= 11 is 1.41. The van der Waals surface area contributed by atoms with Gasteiger partial charge in [-0.2, -0.15) is 4.98 Å². The first-order valence-corrected chi connectivity index (χ1v) is 4.66. The molecule has 0 radical (unpaired) electrons. The Hall–Kier alpha value is -1.16. The van der Waals surface area contributed by atoms with Crippen molar-refractivity contribution in [2.75, 3.05) is 6.26 Å². The number of aromatic hydroxyl groups is 1. The molecule has 1 aromatic heterocycles. The highest BCUT2D eigenvalue weighted by Gasteiger charge is 2.06. The number of phenols is 1. The highest BCUT2D eigenvalue weighted by atomic mass is 32.2. The van der Waals surface area contributed by atoms with E-state index in [1.54, 1.807) is 18.2 Å². The number of thioether (sulfide) groups is 1. The lowest BCUT2D eigenvalue weighted by atomic mass is 10.3. The second-order valence-corrected chi connectivity index (χ2v) is 3.07. The van der Waals surface area contributed by atoms with Gasteiger partial charge in [-0.05, 0) is 18.4 Å². The smallest absolute Gasteiger partial charge is 0.256 e. The van der Waals surface area contributed by atoms with Crippen LogP contribution in [0.5, 0.6) is 5.75 Å². The molecule has 0 amide bonds. The Morgan fingerprint density at radius 3 is 3.00 bits per heavy atom. The first-order valence-electron chi connectivity index (χ1n) is 3.44. The van der Waals surface area contributed by atoms with Crippen molar-refractivity contribution in [1.82, 2.24) is 4.98 Å². The number of fused-ring (bicyclic) bond motifs is 1. The first-order chi connectivity index (χ1) is 5.81. The van der Waals surface area contributed by atoms with Gasteiger partial charge in [0, 0.05) is 0 Å². The Morgan fingerprint density at radius 2 is 2.33 bits per heavy atom. The number of para-hydroxylation sites is 1. The van der Waals surface area contributed by atoms with E-state index in [9.17, 15) is 5.11 Å². The predicted molar refractivity (Wildman–Crippen MR) is 47.5 cm³/mol. The molecule has 62 valence electrons. The number of benzene rings is 1. The Bertz CT molecular complexity index is 410. The fourth-order valence-corrected chi connectivity index (χ4v) is 1.36. The molecule has 1 aromatic carbocycles. The summed E-state index contributed by atoms with van der Waals surface area (Å²) in [7, 11) is 0. The average Bonchev–Trinajstić information content (AvgIpc) is 2.49. The van der Waals surface area contributed by atoms with E-state index >= 15 is 0 Å². The van der Waals surface area contributed by atoms with E-state index in [0.717, 1.165) is 0 Å². The zero-order valence-corrected chi connectivity index (χ0v) is 7.26. The Labute approximate surface area is 73.4 Å². The van der Waals surface area contributed by atoms with E-state index in [0.29, 0.717) is 16.3 Å². The number of rotatable bonds is 1. The van der Waals surface area contributed by atoms with E-state index in [4.69, 9.17) is 4.42 Å². The van der Waals surface area contributed by atoms with Gasteiger partial charge in [0.25, 0.3) is 5.22 Å². The van der Waals surface area contributed by atoms with Crippen molar-refractivity contribution in [2.45, 2.75) is 5.22 Å². The summed E-state index contributed by atoms with van der Waals surface area (Å²) in [5.41, 5.74) is 1.15. The maximum atomic E-state index is 9.35. The molecule has 2 rings (SSSR count). The maximum Gasteiger partial charge on any atom is 0.256 e. The van der Waals surface area contributed by atoms with Crippen molar-refractivity contribution in [2.24, 2.45) is 0 Å². The molecule has 4 heteroatoms. The standard InChI is InChI=1S/C8H7NO2S/c1-12-8-9-7-5(10)3-2-4-6(7)11-8/h2-4,10H,1H3. The van der Waals surface area contributed by atoms with Crippen molar-refractivity contribution in [3.05, 3.63) is 18.2 Å². The largest absolute Gasteiger partial charge is 0.506 e. The predicted octanol–water partition coefficient (Wildman–Crippen LogP) is 2.26. The summed E-state index contributed by atoms with van der Waals surface area (Å²) in [5, 5.41) is 9.92. The third kappa shape index (κ3) is 1.04. The van der Waals surface area contributed by atoms with Crippen LogP contribution in [0.25, 0.3) is 11.1 Å². The van der Waals surface area contributed by atoms with Gasteiger partial charge in [-0.3, -0.25) is 0 Å². The van der Waals surface area contributed by atoms with Gasteiger partial charge < -0.3 is 9.52 Å². The number of hydrogen-bond acceptors (Lipinski definition) is 4. The van der Waals surface area contributed by atoms with Crippen LogP contribution in [0.3, 0.4) is 0 Å². The van der Waals surface area contributed by atoms with Crippen LogP contribution in [0, 0.1) is 0 Å². The molecule has 12 heavy (non-hydrogen) atoms. The molecule has 3 nitrogen and oxygen atoms in total. The van der Waals surface area contributed by atoms with Crippen LogP contribution in [0.2, 0.25) is 0 Å². The van der Waals surface area contributed by atoms with Gasteiger partial charge in [0.1, 0.15) is 5.75 Å². The zero-order chi connectivity index (χ0) is 8.55. The van der Waals surface area contributed by atoms with Crippen LogP contribution in [0.1, 0.15) is 0 Å². The minimum atomic E-state index is 0.163. The molecule has 0 bridgehead atoms. The molecule has 0 fully saturated rings. The highest BCUT2D eigenvalue weighted by Crippen LogP contribution is 2.27. The van der Waals surface area contributed by atoms with E-state index in [1.807, 2.05) is 6.26 Å². The van der Waals surface area contributed by atoms with Gasteiger partial charge in [-0.15, -0.1) is 0 Å². The van der Waals surface area contributed by atoms with Gasteiger partial charge in [0.15, 0.2) is 11.1 Å². The molecule has 0 saturated heterocycles. The van der Waals surface area contributed by atoms with Crippen LogP contribution in [0.4, 0.5) is 0 Å². The topological polar surface area (TPSA) is 46.3 Å². The van der Waals surface area contributed by atoms with Crippen LogP contribution in [-0.2, 0) is 0 Å². The van der Waals surface area contributed by atoms with E-state index in [-0.39, 0.29) is 5.75 Å². The Kier molecular flexibility index (Phi) is 1.69. The number of aromatic nitrogens is 1. The second-order valence-electron chi connectivity index (χ2n) is 2.31. The molecule has 0 unspecified atom stereocenters. The van der Waals surface area contributed by atoms with Crippen molar-refractivity contribution < 1.29 is 9.52 Å². The first kappa shape index (κ1) is 7.49. The molecule has 0 spiro atoms. The minimum Gasteiger partial charge on any atom is -0.506 e. The van der Waals surface area contributed by atoms with E-state index < -0.39 is 0 Å². The van der Waals surface area contributed by atoms with Gasteiger partial charge in [0.05, 0.1) is 0 Å². The lowest BCUT2D eigenvalue weighted by molar-refractivity contribution is 0.480. The van der Waals surface area contributed by atoms with Gasteiger partial charge in [0.2, 0.25) is 0 Å². The van der Waals surface area contributed by atoms with Crippen molar-refractivity contribution in [1.29, 1.82) is 0 Å². The van der Waals surface area contributed by atoms with Crippen LogP contribution >= 0.6 is 11.8 Å². The highest BCUT2D eigenvalue weighted by molar-refractivity contribution is 7.98. The summed E-state index contributed by atoms with van der Waals surface area (Å²) in [5.74, 6) is 0.163. The zero-order valence-electron chi connectivity index (χ0n) is 6.44. The summed E-state index contributed by atoms with van der Waals surface area (Å²) in [6.45, 7) is 0. The quantitative estimate of drug-likeness (QED) is 0.685. The van der Waals surface area contributed by atoms with Gasteiger partial charge in [-0.1, -0.05) is 17.8 Å². The maximum absolute atomic E-state index is 9.35. The fourth-order valence-electron chi connectivity index (χ4n) is 1.00. The second kappa shape index (κ2) is 2.71. The molecule has 0 aliphatic heterocycles. The summed E-state index contributed by atoms with van der Waals surface area (Å²) in [4.78, 5) is 4.08. The van der Waals surface area contributed by atoms with Crippen molar-refractivity contribution in [3.63, 3.8) is 0 Å². The van der Waals surface area contributed by atoms with Crippen molar-refractivity contribution in [3.8, 4) is 5.75 Å². The van der Waals surface area contributed by atoms with Crippen LogP contribution in [-0.4, -0.2) is 16.3 Å². The fraction of sp³-hybridized carbons (Fsp3) is 0.125. The van der Waals surface area contributed by atoms with Gasteiger partial charge >= 0.3 is 0 Å². The summed E-state index contributed by atoms with van der Waals surface area (Å²) in [6.07, 6.45) is 1.88. The summed E-state index contributed by atoms with van der Waals surface area (Å²) in [6, 6.07) is 5.10. The number of nitrogens with zero attached hydrogens (tertiary/aromatic N) is 1. The minimum absolute atomic E-state index is 0.163. The van der Waals surface area contributed by atoms with E-state index in [2.05, 4.69) is 4.98 Å². The van der Waals surface area contributed by atoms with E-state index in [1.165, 1.54) is 11.8 Å². The molecule has 0 atom stereocenters. The normalized spacial score (nSPS) is 10.8. The van der Waals surface area contributed by atoms with Crippen LogP contribution < -0.4 is 0 Å². The van der Waals surface area contributed by atoms with Crippen molar-refractivity contribution >= 4 is 22.9 Å². The number of hydrogen-bond donors (Lipinski definition) is 1. The Morgan fingerprint density at radius 1 is 1.50 bits per heavy atom. The number of phenolic OH excluding ortho intramolecular Hbond substituents is 1. The Balaban J connectivity index is 2.74. The molecule has 1 N–H and O–H groups in total. The molecule has 0 aliphatic rings. The molecule has 0 saturated carbocycles. The molecule has 2 aromatic rings. The molecule has 0 aliphatic carbocycles. The molecular formula is C8H7NO2S. The lowest BCUT2D eigenvalue weighted by Gasteiger charge is -1.87. The SMILES string of the molecule is CSc1nc2c(O)cccc2o1. The number of oxazole rings is 1. The lowest BCUT2D eigenvalue weighted by Crippen LogP contribution is -1.69. The third-order valence-electron chi connectivity index (χ3n) is 1.55. The average molecular weight is 181 g/mol. The monoisotopic (exact) mass is 181 g/mol. The summed E-state index contributed by atoms with van der Waals surface area (Å²) < 4.78 is 5.29. The van der Waals surface area contributed by atoms with Gasteiger partial charge in [-0.25, -0.2) is 0 Å². The van der Waals surface area contributed by atoms with Crippen LogP contribution in [0.15, 0.2) is 27.8 Å². The third-order valence-corrected chi connectivity index (χ3v) is 2.08. The molecule has 1 heterocycles. The molecular weight excluding hydrogens is 174 g/mol.